The molecule has 0 bridgehead atoms. The Kier molecular flexibility index (Phi) is 6.62. The van der Waals surface area contributed by atoms with E-state index in [1.165, 1.54) is 28.9 Å². The van der Waals surface area contributed by atoms with E-state index < -0.39 is 0 Å². The number of guanidine groups is 1. The Labute approximate surface area is 183 Å². The van der Waals surface area contributed by atoms with Gasteiger partial charge in [0.05, 0.1) is 0 Å². The normalized spacial score (nSPS) is 17.8. The molecule has 2 aliphatic rings. The van der Waals surface area contributed by atoms with Crippen LogP contribution in [0.15, 0.2) is 64.5 Å². The van der Waals surface area contributed by atoms with Crippen molar-refractivity contribution >= 4 is 23.6 Å². The first kappa shape index (κ1) is 20.8. The Hall–Kier alpha value is -2.47. The number of likely N-dealkylation sites (tertiary alicyclic amines) is 1. The third kappa shape index (κ3) is 5.57. The summed E-state index contributed by atoms with van der Waals surface area (Å²) in [6.07, 6.45) is 4.13. The summed E-state index contributed by atoms with van der Waals surface area (Å²) < 4.78 is 0.279. The number of thioether (sulfide) groups is 1. The smallest absolute Gasteiger partial charge is 0.222 e. The molecule has 2 aromatic rings. The summed E-state index contributed by atoms with van der Waals surface area (Å²) in [7, 11) is 1.81. The number of amides is 1. The highest BCUT2D eigenvalue weighted by atomic mass is 32.2. The molecule has 0 unspecified atom stereocenters. The van der Waals surface area contributed by atoms with Gasteiger partial charge in [-0.1, -0.05) is 42.5 Å². The highest BCUT2D eigenvalue weighted by Gasteiger charge is 2.43. The van der Waals surface area contributed by atoms with E-state index in [4.69, 9.17) is 0 Å². The third-order valence-corrected chi connectivity index (χ3v) is 7.18. The predicted octanol–water partition coefficient (Wildman–Crippen LogP) is 3.80. The van der Waals surface area contributed by atoms with Crippen molar-refractivity contribution in [2.75, 3.05) is 20.1 Å². The van der Waals surface area contributed by atoms with Gasteiger partial charge in [-0.2, -0.15) is 0 Å². The summed E-state index contributed by atoms with van der Waals surface area (Å²) in [5.74, 6) is 1.10. The maximum Gasteiger partial charge on any atom is 0.222 e. The van der Waals surface area contributed by atoms with Crippen LogP contribution in [0.1, 0.15) is 36.8 Å². The Morgan fingerprint density at radius 1 is 1.10 bits per heavy atom. The second kappa shape index (κ2) is 9.56. The van der Waals surface area contributed by atoms with Crippen molar-refractivity contribution < 1.29 is 4.79 Å². The molecule has 0 spiro atoms. The molecule has 2 N–H and O–H groups in total. The third-order valence-electron chi connectivity index (χ3n) is 5.68. The van der Waals surface area contributed by atoms with Gasteiger partial charge >= 0.3 is 0 Å². The highest BCUT2D eigenvalue weighted by molar-refractivity contribution is 8.01. The van der Waals surface area contributed by atoms with Crippen LogP contribution in [0, 0.1) is 0 Å². The van der Waals surface area contributed by atoms with Gasteiger partial charge in [-0.3, -0.25) is 9.79 Å². The molecule has 1 aliphatic heterocycles. The van der Waals surface area contributed by atoms with Crippen LogP contribution in [0.5, 0.6) is 0 Å². The van der Waals surface area contributed by atoms with Gasteiger partial charge in [0, 0.05) is 49.3 Å². The standard InChI is InChI=1S/C24H30N4OS/c1-25-23(27-18-24(12-13-24)30-21-9-3-2-4-10-21)26-16-19-7-5-8-20(15-19)17-28-14-6-11-22(28)29/h2-5,7-10,15H,6,11-14,16-18H2,1H3,(H2,25,26,27). The molecule has 1 saturated heterocycles. The number of benzene rings is 2. The van der Waals surface area contributed by atoms with Crippen LogP contribution in [0.2, 0.25) is 0 Å². The predicted molar refractivity (Wildman–Crippen MR) is 124 cm³/mol. The molecular formula is C24H30N4OS. The molecule has 5 nitrogen and oxygen atoms in total. The number of carbonyl (C=O) groups is 1. The van der Waals surface area contributed by atoms with Crippen LogP contribution in [0.3, 0.4) is 0 Å². The maximum atomic E-state index is 11.9. The largest absolute Gasteiger partial charge is 0.355 e. The number of aliphatic imine (C=N–C) groups is 1. The minimum Gasteiger partial charge on any atom is -0.355 e. The second-order valence-electron chi connectivity index (χ2n) is 8.12. The molecular weight excluding hydrogens is 392 g/mol. The van der Waals surface area contributed by atoms with E-state index >= 15 is 0 Å². The van der Waals surface area contributed by atoms with Crippen molar-refractivity contribution in [3.05, 3.63) is 65.7 Å². The molecule has 30 heavy (non-hydrogen) atoms. The second-order valence-corrected chi connectivity index (χ2v) is 9.66. The van der Waals surface area contributed by atoms with E-state index in [-0.39, 0.29) is 10.7 Å². The Bertz CT molecular complexity index is 895. The van der Waals surface area contributed by atoms with E-state index in [1.807, 2.05) is 23.7 Å². The van der Waals surface area contributed by atoms with Crippen molar-refractivity contribution in [1.29, 1.82) is 0 Å². The fraction of sp³-hybridized carbons (Fsp3) is 0.417. The average Bonchev–Trinajstić information content (AvgIpc) is 3.42. The zero-order chi connectivity index (χ0) is 20.8. The summed E-state index contributed by atoms with van der Waals surface area (Å²) in [6.45, 7) is 3.20. The van der Waals surface area contributed by atoms with Crippen molar-refractivity contribution in [3.8, 4) is 0 Å². The molecule has 158 valence electrons. The molecule has 1 aliphatic carbocycles. The van der Waals surface area contributed by atoms with E-state index in [2.05, 4.69) is 70.2 Å². The molecule has 2 aromatic carbocycles. The maximum absolute atomic E-state index is 11.9. The van der Waals surface area contributed by atoms with Crippen LogP contribution in [-0.4, -0.2) is 41.7 Å². The molecule has 1 amide bonds. The van der Waals surface area contributed by atoms with E-state index in [9.17, 15) is 4.79 Å². The monoisotopic (exact) mass is 422 g/mol. The zero-order valence-corrected chi connectivity index (χ0v) is 18.4. The summed E-state index contributed by atoms with van der Waals surface area (Å²) >= 11 is 1.96. The molecule has 0 radical (unpaired) electrons. The van der Waals surface area contributed by atoms with Crippen LogP contribution in [-0.2, 0) is 17.9 Å². The molecule has 2 fully saturated rings. The molecule has 6 heteroatoms. The Balaban J connectivity index is 1.26. The van der Waals surface area contributed by atoms with Gasteiger partial charge in [-0.15, -0.1) is 11.8 Å². The van der Waals surface area contributed by atoms with Gasteiger partial charge in [-0.25, -0.2) is 0 Å². The number of rotatable bonds is 8. The number of nitrogens with one attached hydrogen (secondary N) is 2. The topological polar surface area (TPSA) is 56.7 Å². The highest BCUT2D eigenvalue weighted by Crippen LogP contribution is 2.51. The first-order chi connectivity index (χ1) is 14.7. The van der Waals surface area contributed by atoms with Gasteiger partial charge in [0.15, 0.2) is 5.96 Å². The number of hydrogen-bond acceptors (Lipinski definition) is 3. The van der Waals surface area contributed by atoms with Gasteiger partial charge in [0.2, 0.25) is 5.91 Å². The molecule has 1 heterocycles. The lowest BCUT2D eigenvalue weighted by atomic mass is 10.1. The summed E-state index contributed by atoms with van der Waals surface area (Å²) in [5.41, 5.74) is 2.38. The average molecular weight is 423 g/mol. The zero-order valence-electron chi connectivity index (χ0n) is 17.6. The van der Waals surface area contributed by atoms with Crippen molar-refractivity contribution in [2.45, 2.75) is 48.4 Å². The van der Waals surface area contributed by atoms with E-state index in [0.717, 1.165) is 25.5 Å². The summed E-state index contributed by atoms with van der Waals surface area (Å²) in [5, 5.41) is 6.94. The van der Waals surface area contributed by atoms with E-state index in [0.29, 0.717) is 19.5 Å². The van der Waals surface area contributed by atoms with Gasteiger partial charge < -0.3 is 15.5 Å². The van der Waals surface area contributed by atoms with Crippen molar-refractivity contribution in [2.24, 2.45) is 4.99 Å². The summed E-state index contributed by atoms with van der Waals surface area (Å²) in [6, 6.07) is 19.1. The number of nitrogens with zero attached hydrogens (tertiary/aromatic N) is 2. The van der Waals surface area contributed by atoms with E-state index in [1.54, 1.807) is 0 Å². The van der Waals surface area contributed by atoms with Gasteiger partial charge in [0.1, 0.15) is 0 Å². The fourth-order valence-corrected chi connectivity index (χ4v) is 5.02. The lowest BCUT2D eigenvalue weighted by Gasteiger charge is -2.19. The Morgan fingerprint density at radius 2 is 1.90 bits per heavy atom. The van der Waals surface area contributed by atoms with Crippen LogP contribution < -0.4 is 10.6 Å². The molecule has 0 aromatic heterocycles. The molecule has 0 atom stereocenters. The van der Waals surface area contributed by atoms with Crippen molar-refractivity contribution in [3.63, 3.8) is 0 Å². The minimum atomic E-state index is 0.269. The number of carbonyl (C=O) groups excluding carboxylic acids is 1. The lowest BCUT2D eigenvalue weighted by Crippen LogP contribution is -2.40. The minimum absolute atomic E-state index is 0.269. The van der Waals surface area contributed by atoms with Crippen molar-refractivity contribution in [1.82, 2.24) is 15.5 Å². The first-order valence-electron chi connectivity index (χ1n) is 10.7. The van der Waals surface area contributed by atoms with Crippen LogP contribution in [0.4, 0.5) is 0 Å². The number of hydrogen-bond donors (Lipinski definition) is 2. The van der Waals surface area contributed by atoms with Crippen LogP contribution >= 0.6 is 11.8 Å². The summed E-state index contributed by atoms with van der Waals surface area (Å²) in [4.78, 5) is 19.5. The molecule has 1 saturated carbocycles. The van der Waals surface area contributed by atoms with Gasteiger partial charge in [-0.05, 0) is 42.5 Å². The Morgan fingerprint density at radius 3 is 2.60 bits per heavy atom. The lowest BCUT2D eigenvalue weighted by molar-refractivity contribution is -0.128. The fourth-order valence-electron chi connectivity index (χ4n) is 3.77. The quantitative estimate of drug-likeness (QED) is 0.502. The SMILES string of the molecule is CN=C(NCc1cccc(CN2CCCC2=O)c1)NCC1(Sc2ccccc2)CC1. The first-order valence-corrected chi connectivity index (χ1v) is 11.5. The van der Waals surface area contributed by atoms with Crippen LogP contribution in [0.25, 0.3) is 0 Å². The molecule has 4 rings (SSSR count). The van der Waals surface area contributed by atoms with Gasteiger partial charge in [0.25, 0.3) is 0 Å².